The highest BCUT2D eigenvalue weighted by Gasteiger charge is 2.20. The fourth-order valence-corrected chi connectivity index (χ4v) is 5.72. The smallest absolute Gasteiger partial charge is 0.260 e. The molecule has 0 saturated heterocycles. The second kappa shape index (κ2) is 11.2. The molecule has 0 unspecified atom stereocenters. The summed E-state index contributed by atoms with van der Waals surface area (Å²) in [4.78, 5) is 17.4. The maximum Gasteiger partial charge on any atom is 0.260 e. The normalized spacial score (nSPS) is 11.3. The molecule has 0 aliphatic carbocycles. The van der Waals surface area contributed by atoms with Crippen LogP contribution in [0.25, 0.3) is 22.6 Å². The van der Waals surface area contributed by atoms with Crippen LogP contribution in [0.1, 0.15) is 11.1 Å². The highest BCUT2D eigenvalue weighted by Crippen LogP contribution is 2.29. The minimum atomic E-state index is -0.359. The van der Waals surface area contributed by atoms with Crippen molar-refractivity contribution in [1.29, 1.82) is 0 Å². The van der Waals surface area contributed by atoms with Crippen LogP contribution in [0.15, 0.2) is 76.5 Å². The predicted octanol–water partition coefficient (Wildman–Crippen LogP) is 4.61. The second-order valence-electron chi connectivity index (χ2n) is 7.88. The number of carbonyl (C=O) groups is 1. The lowest BCUT2D eigenvalue weighted by atomic mass is 10.2. The molecule has 2 heterocycles. The third-order valence-electron chi connectivity index (χ3n) is 5.34. The van der Waals surface area contributed by atoms with Gasteiger partial charge in [0.2, 0.25) is 0 Å². The maximum atomic E-state index is 12.9. The topological polar surface area (TPSA) is 133 Å². The van der Waals surface area contributed by atoms with Crippen molar-refractivity contribution in [3.05, 3.63) is 85.0 Å². The lowest BCUT2D eigenvalue weighted by Crippen LogP contribution is -2.23. The average Bonchev–Trinajstić information content (AvgIpc) is 3.47. The Kier molecular flexibility index (Phi) is 7.64. The van der Waals surface area contributed by atoms with Gasteiger partial charge in [-0.15, -0.1) is 0 Å². The van der Waals surface area contributed by atoms with E-state index in [0.717, 1.165) is 23.8 Å². The largest absolute Gasteiger partial charge is 0.487 e. The number of aromatic nitrogens is 4. The number of ether oxygens (including phenoxy) is 1. The van der Waals surface area contributed by atoms with Crippen LogP contribution in [0, 0.1) is 7.14 Å². The molecule has 37 heavy (non-hydrogen) atoms. The molecule has 10 nitrogen and oxygen atoms in total. The second-order valence-corrected chi connectivity index (χ2v) is 10.3. The molecular formula is C25H19I2N7O3. The third-order valence-corrected chi connectivity index (χ3v) is 6.76. The number of anilines is 1. The van der Waals surface area contributed by atoms with Crippen LogP contribution in [0.5, 0.6) is 5.75 Å². The van der Waals surface area contributed by atoms with Gasteiger partial charge in [-0.3, -0.25) is 4.79 Å². The number of rotatable bonds is 8. The molecule has 0 fully saturated rings. The summed E-state index contributed by atoms with van der Waals surface area (Å²) in [7, 11) is 0. The number of imidazole rings is 1. The van der Waals surface area contributed by atoms with Gasteiger partial charge in [0.05, 0.1) is 20.8 Å². The van der Waals surface area contributed by atoms with E-state index in [-0.39, 0.29) is 24.0 Å². The number of fused-ring (bicyclic) bond motifs is 1. The first-order chi connectivity index (χ1) is 18.0. The van der Waals surface area contributed by atoms with Gasteiger partial charge in [0.25, 0.3) is 5.91 Å². The molecule has 2 aromatic heterocycles. The van der Waals surface area contributed by atoms with Crippen LogP contribution in [0.3, 0.4) is 0 Å². The summed E-state index contributed by atoms with van der Waals surface area (Å²) in [5.41, 5.74) is 12.0. The number of nitrogens with two attached hydrogens (primary N) is 1. The number of hydrogen-bond acceptors (Lipinski definition) is 8. The van der Waals surface area contributed by atoms with Crippen molar-refractivity contribution in [3.63, 3.8) is 0 Å². The summed E-state index contributed by atoms with van der Waals surface area (Å²) in [6, 6.07) is 21.3. The highest BCUT2D eigenvalue weighted by atomic mass is 127. The molecular weight excluding hydrogens is 700 g/mol. The molecule has 3 N–H and O–H groups in total. The Hall–Kier alpha value is -3.53. The van der Waals surface area contributed by atoms with Gasteiger partial charge in [-0.05, 0) is 85.3 Å². The third kappa shape index (κ3) is 5.74. The van der Waals surface area contributed by atoms with Crippen molar-refractivity contribution in [1.82, 2.24) is 25.3 Å². The lowest BCUT2D eigenvalue weighted by molar-refractivity contribution is -0.121. The van der Waals surface area contributed by atoms with Crippen molar-refractivity contribution in [2.75, 3.05) is 5.73 Å². The predicted molar refractivity (Wildman–Crippen MR) is 156 cm³/mol. The van der Waals surface area contributed by atoms with Crippen LogP contribution in [-0.2, 0) is 17.9 Å². The Balaban J connectivity index is 1.34. The Morgan fingerprint density at radius 2 is 1.89 bits per heavy atom. The van der Waals surface area contributed by atoms with Crippen LogP contribution in [0.2, 0.25) is 0 Å². The molecule has 0 radical (unpaired) electrons. The maximum absolute atomic E-state index is 12.9. The first kappa shape index (κ1) is 25.1. The standard InChI is InChI=1S/C25H19I2N7O3/c26-17-10-16(23(18(27)11-17)36-14-15-6-2-1-3-7-15)12-29-31-21(35)13-34-20-9-5-4-8-19(20)30-25(34)22-24(28)33-37-32-22/h1-12H,13-14H2,(H2,28,33)(H,31,35)/b29-12-. The first-order valence-electron chi connectivity index (χ1n) is 11.0. The summed E-state index contributed by atoms with van der Waals surface area (Å²) in [5, 5.41) is 11.7. The highest BCUT2D eigenvalue weighted by molar-refractivity contribution is 14.1. The first-order valence-corrected chi connectivity index (χ1v) is 13.2. The van der Waals surface area contributed by atoms with Crippen LogP contribution in [0.4, 0.5) is 5.82 Å². The number of nitrogens with zero attached hydrogens (tertiary/aromatic N) is 5. The lowest BCUT2D eigenvalue weighted by Gasteiger charge is -2.12. The van der Waals surface area contributed by atoms with Crippen molar-refractivity contribution in [3.8, 4) is 17.3 Å². The molecule has 0 saturated carbocycles. The van der Waals surface area contributed by atoms with Gasteiger partial charge < -0.3 is 15.0 Å². The number of amides is 1. The minimum absolute atomic E-state index is 0.0687. The van der Waals surface area contributed by atoms with Crippen molar-refractivity contribution >= 4 is 74.2 Å². The van der Waals surface area contributed by atoms with Gasteiger partial charge in [-0.1, -0.05) is 42.5 Å². The van der Waals surface area contributed by atoms with E-state index in [1.165, 1.54) is 0 Å². The summed E-state index contributed by atoms with van der Waals surface area (Å²) < 4.78 is 14.5. The van der Waals surface area contributed by atoms with Gasteiger partial charge in [0, 0.05) is 9.13 Å². The Bertz CT molecular complexity index is 1600. The number of carbonyl (C=O) groups excluding carboxylic acids is 1. The Morgan fingerprint density at radius 3 is 2.68 bits per heavy atom. The molecule has 0 spiro atoms. The van der Waals surface area contributed by atoms with E-state index < -0.39 is 0 Å². The fraction of sp³-hybridized carbons (Fsp3) is 0.0800. The molecule has 3 aromatic carbocycles. The molecule has 5 aromatic rings. The number of hydrogen-bond donors (Lipinski definition) is 2. The summed E-state index contributed by atoms with van der Waals surface area (Å²) in [6.45, 7) is 0.349. The SMILES string of the molecule is Nc1nonc1-c1nc2ccccc2n1CC(=O)N/N=C\c1cc(I)cc(I)c1OCc1ccccc1. The van der Waals surface area contributed by atoms with Gasteiger partial charge >= 0.3 is 0 Å². The number of benzene rings is 3. The number of para-hydroxylation sites is 2. The van der Waals surface area contributed by atoms with E-state index in [0.29, 0.717) is 23.7 Å². The molecule has 0 aliphatic heterocycles. The molecule has 0 atom stereocenters. The summed E-state index contributed by atoms with van der Waals surface area (Å²) >= 11 is 4.47. The Labute approximate surface area is 238 Å². The minimum Gasteiger partial charge on any atom is -0.487 e. The van der Waals surface area contributed by atoms with Crippen molar-refractivity contribution < 1.29 is 14.2 Å². The van der Waals surface area contributed by atoms with Crippen molar-refractivity contribution in [2.24, 2.45) is 5.10 Å². The number of hydrazone groups is 1. The number of nitrogens with one attached hydrogen (secondary N) is 1. The molecule has 0 aliphatic rings. The van der Waals surface area contributed by atoms with E-state index in [9.17, 15) is 4.79 Å². The summed E-state index contributed by atoms with van der Waals surface area (Å²) in [5.74, 6) is 0.802. The van der Waals surface area contributed by atoms with Crippen LogP contribution in [-0.4, -0.2) is 32.0 Å². The van der Waals surface area contributed by atoms with E-state index in [2.05, 4.69) is 71.0 Å². The zero-order valence-corrected chi connectivity index (χ0v) is 23.5. The van der Waals surface area contributed by atoms with E-state index in [4.69, 9.17) is 15.1 Å². The zero-order chi connectivity index (χ0) is 25.8. The summed E-state index contributed by atoms with van der Waals surface area (Å²) in [6.07, 6.45) is 1.58. The molecule has 5 rings (SSSR count). The van der Waals surface area contributed by atoms with Gasteiger partial charge in [-0.2, -0.15) is 5.10 Å². The van der Waals surface area contributed by atoms with E-state index in [1.807, 2.05) is 66.7 Å². The Morgan fingerprint density at radius 1 is 1.11 bits per heavy atom. The van der Waals surface area contributed by atoms with E-state index >= 15 is 0 Å². The fourth-order valence-electron chi connectivity index (χ4n) is 3.68. The molecule has 0 bridgehead atoms. The van der Waals surface area contributed by atoms with Gasteiger partial charge in [0.1, 0.15) is 18.9 Å². The number of nitrogen functional groups attached to an aromatic ring is 1. The number of halogens is 2. The zero-order valence-electron chi connectivity index (χ0n) is 19.1. The molecule has 12 heteroatoms. The van der Waals surface area contributed by atoms with Gasteiger partial charge in [-0.25, -0.2) is 15.0 Å². The van der Waals surface area contributed by atoms with Crippen LogP contribution < -0.4 is 15.9 Å². The molecule has 1 amide bonds. The van der Waals surface area contributed by atoms with Crippen molar-refractivity contribution in [2.45, 2.75) is 13.2 Å². The monoisotopic (exact) mass is 719 g/mol. The van der Waals surface area contributed by atoms with E-state index in [1.54, 1.807) is 10.8 Å². The van der Waals surface area contributed by atoms with Gasteiger partial charge in [0.15, 0.2) is 17.3 Å². The average molecular weight is 719 g/mol. The van der Waals surface area contributed by atoms with Crippen LogP contribution >= 0.6 is 45.2 Å². The molecule has 186 valence electrons. The quantitative estimate of drug-likeness (QED) is 0.136.